The monoisotopic (exact) mass is 964 g/mol. The van der Waals surface area contributed by atoms with Gasteiger partial charge in [0, 0.05) is 86.7 Å². The van der Waals surface area contributed by atoms with E-state index in [-0.39, 0.29) is 50.8 Å². The van der Waals surface area contributed by atoms with Crippen molar-refractivity contribution in [2.45, 2.75) is 88.1 Å². The highest BCUT2D eigenvalue weighted by Crippen LogP contribution is 2.47. The van der Waals surface area contributed by atoms with Crippen LogP contribution in [0.1, 0.15) is 92.9 Å². The normalized spacial score (nSPS) is 21.2. The third-order valence-corrected chi connectivity index (χ3v) is 16.3. The van der Waals surface area contributed by atoms with Crippen LogP contribution in [0.2, 0.25) is 0 Å². The molecule has 4 saturated heterocycles. The van der Waals surface area contributed by atoms with Gasteiger partial charge < -0.3 is 40.0 Å². The highest BCUT2D eigenvalue weighted by molar-refractivity contribution is 6.03. The van der Waals surface area contributed by atoms with Gasteiger partial charge in [-0.15, -0.1) is 6.42 Å². The highest BCUT2D eigenvalue weighted by Gasteiger charge is 2.46. The van der Waals surface area contributed by atoms with Crippen LogP contribution in [0.3, 0.4) is 0 Å². The molecule has 3 aromatic carbocycles. The quantitative estimate of drug-likeness (QED) is 0.0705. The first-order valence-corrected chi connectivity index (χ1v) is 25.5. The number of benzene rings is 3. The minimum Gasteiger partial charge on any atom is -0.508 e. The Kier molecular flexibility index (Phi) is 12.8. The number of anilines is 1. The number of phenols is 1. The number of aldehydes is 1. The molecule has 5 fully saturated rings. The molecule has 4 aliphatic heterocycles. The Morgan fingerprint density at radius 1 is 1.00 bits per heavy atom. The minimum absolute atomic E-state index is 0.0260. The number of nitrogens with zero attached hydrogens (tertiary/aromatic N) is 8. The number of hydrogen-bond acceptors (Lipinski definition) is 12. The molecule has 11 rings (SSSR count). The summed E-state index contributed by atoms with van der Waals surface area (Å²) >= 11 is 0. The number of carbonyl (C=O) groups excluding carboxylic acids is 2. The molecule has 6 aromatic rings. The van der Waals surface area contributed by atoms with Crippen molar-refractivity contribution in [3.8, 4) is 35.4 Å². The Labute approximate surface area is 412 Å². The molecule has 1 aliphatic carbocycles. The van der Waals surface area contributed by atoms with Gasteiger partial charge in [0.15, 0.2) is 5.82 Å². The lowest BCUT2D eigenvalue weighted by atomic mass is 9.87. The number of aromatic nitrogens is 5. The van der Waals surface area contributed by atoms with Crippen LogP contribution in [0.15, 0.2) is 48.7 Å². The molecule has 3 atom stereocenters. The minimum atomic E-state index is -0.721. The van der Waals surface area contributed by atoms with E-state index in [1.165, 1.54) is 29.8 Å². The smallest absolute Gasteiger partial charge is 0.319 e. The van der Waals surface area contributed by atoms with E-state index in [4.69, 9.17) is 26.2 Å². The van der Waals surface area contributed by atoms with Crippen LogP contribution in [-0.2, 0) is 16.6 Å². The van der Waals surface area contributed by atoms with Gasteiger partial charge in [-0.2, -0.15) is 15.1 Å². The summed E-state index contributed by atoms with van der Waals surface area (Å²) < 4.78 is 40.6. The van der Waals surface area contributed by atoms with E-state index >= 15 is 8.78 Å². The standard InChI is InChI=1S/C55H62F2N10O4/c1-4-40-45(56)12-8-36-24-39(69)26-43(47(36)40)50-48(57)51-44(27-59-50)52(67-29-37-9-10-38(30-67)60-37)62-54(61-51)71-32-55(17-18-55)31-66-19-13-33(14-20-66)28-65-21-15-34(16-22-65)35-7-11-41-46(25-35)64(3)63-49(41)42(6-5-23-68)53(70)58-2/h1,7-8,11-12,23-27,33-34,37-38,42,60,69H,5-6,9-10,13-22,28-32H2,2-3H3,(H,58,70). The van der Waals surface area contributed by atoms with Crippen molar-refractivity contribution in [1.82, 2.24) is 45.2 Å². The molecule has 1 amide bonds. The van der Waals surface area contributed by atoms with Gasteiger partial charge in [-0.3, -0.25) is 14.5 Å². The predicted molar refractivity (Wildman–Crippen MR) is 270 cm³/mol. The van der Waals surface area contributed by atoms with Crippen molar-refractivity contribution in [3.63, 3.8) is 0 Å². The van der Waals surface area contributed by atoms with Crippen molar-refractivity contribution in [1.29, 1.82) is 0 Å². The average molecular weight is 965 g/mol. The number of ether oxygens (including phenoxy) is 1. The van der Waals surface area contributed by atoms with Crippen molar-refractivity contribution in [2.75, 3.05) is 70.9 Å². The third-order valence-electron chi connectivity index (χ3n) is 16.3. The maximum Gasteiger partial charge on any atom is 0.319 e. The number of fused-ring (bicyclic) bond motifs is 5. The molecule has 3 N–H and O–H groups in total. The molecule has 2 bridgehead atoms. The fourth-order valence-electron chi connectivity index (χ4n) is 12.2. The Morgan fingerprint density at radius 3 is 2.48 bits per heavy atom. The van der Waals surface area contributed by atoms with Crippen LogP contribution >= 0.6 is 0 Å². The number of hydrogen-bond donors (Lipinski definition) is 3. The number of piperidine rings is 2. The average Bonchev–Trinajstić information content (AvgIpc) is 3.96. The van der Waals surface area contributed by atoms with Crippen molar-refractivity contribution < 1.29 is 28.2 Å². The van der Waals surface area contributed by atoms with E-state index in [0.29, 0.717) is 73.0 Å². The van der Waals surface area contributed by atoms with E-state index in [1.54, 1.807) is 13.2 Å². The Hall–Kier alpha value is -6.28. The summed E-state index contributed by atoms with van der Waals surface area (Å²) in [6.07, 6.45) is 17.7. The molecule has 5 aliphatic rings. The van der Waals surface area contributed by atoms with Crippen LogP contribution in [0.4, 0.5) is 14.6 Å². The molecule has 16 heteroatoms. The zero-order valence-electron chi connectivity index (χ0n) is 40.6. The number of pyridine rings is 1. The summed E-state index contributed by atoms with van der Waals surface area (Å²) in [6, 6.07) is 12.9. The number of rotatable bonds is 15. The Morgan fingerprint density at radius 2 is 1.76 bits per heavy atom. The second kappa shape index (κ2) is 19.4. The van der Waals surface area contributed by atoms with E-state index < -0.39 is 17.6 Å². The highest BCUT2D eigenvalue weighted by atomic mass is 19.1. The molecule has 7 heterocycles. The number of likely N-dealkylation sites (N-methyl/N-ethyl adjacent to an activating group) is 1. The SMILES string of the molecule is C#Cc1c(F)ccc2cc(O)cc(-c3ncc4c(N5CC6CCC(C5)N6)nc(OCC5(CN6CCC(CN7CCC(c8ccc9c(C(CCC=O)C(=O)NC)nn(C)c9c8)CC7)CC6)CC5)nc4c3F)c12. The summed E-state index contributed by atoms with van der Waals surface area (Å²) in [5, 5.41) is 24.1. The van der Waals surface area contributed by atoms with Crippen LogP contribution in [0.25, 0.3) is 43.8 Å². The summed E-state index contributed by atoms with van der Waals surface area (Å²) in [6.45, 7) is 8.13. The van der Waals surface area contributed by atoms with Gasteiger partial charge in [-0.05, 0) is 131 Å². The molecule has 71 heavy (non-hydrogen) atoms. The maximum absolute atomic E-state index is 17.1. The van der Waals surface area contributed by atoms with Crippen LogP contribution in [0, 0.1) is 35.3 Å². The number of aryl methyl sites for hydroxylation is 1. The summed E-state index contributed by atoms with van der Waals surface area (Å²) in [7, 11) is 3.55. The lowest BCUT2D eigenvalue weighted by Crippen LogP contribution is -2.51. The summed E-state index contributed by atoms with van der Waals surface area (Å²) in [4.78, 5) is 45.6. The second-order valence-electron chi connectivity index (χ2n) is 21.0. The molecule has 1 saturated carbocycles. The Balaban J connectivity index is 0.732. The van der Waals surface area contributed by atoms with Crippen LogP contribution in [0.5, 0.6) is 11.8 Å². The topological polar surface area (TPSA) is 154 Å². The number of halogens is 2. The number of phenolic OH excluding ortho intramolecular Hbond substituents is 1. The van der Waals surface area contributed by atoms with Crippen LogP contribution in [-0.4, -0.2) is 130 Å². The largest absolute Gasteiger partial charge is 0.508 e. The first kappa shape index (κ1) is 47.1. The van der Waals surface area contributed by atoms with E-state index in [0.717, 1.165) is 114 Å². The lowest BCUT2D eigenvalue weighted by Gasteiger charge is -2.38. The zero-order valence-corrected chi connectivity index (χ0v) is 40.6. The molecular weight excluding hydrogens is 903 g/mol. The molecule has 370 valence electrons. The number of amides is 1. The number of nitrogens with one attached hydrogen (secondary N) is 2. The lowest BCUT2D eigenvalue weighted by molar-refractivity contribution is -0.122. The molecule has 3 aromatic heterocycles. The van der Waals surface area contributed by atoms with Gasteiger partial charge >= 0.3 is 6.01 Å². The van der Waals surface area contributed by atoms with Crippen molar-refractivity contribution in [2.24, 2.45) is 18.4 Å². The van der Waals surface area contributed by atoms with Gasteiger partial charge in [0.05, 0.1) is 34.7 Å². The van der Waals surface area contributed by atoms with Crippen LogP contribution < -0.4 is 20.3 Å². The van der Waals surface area contributed by atoms with Gasteiger partial charge in [-0.25, -0.2) is 8.78 Å². The number of likely N-dealkylation sites (tertiary alicyclic amines) is 2. The van der Waals surface area contributed by atoms with Gasteiger partial charge in [0.1, 0.15) is 34.9 Å². The van der Waals surface area contributed by atoms with E-state index in [1.807, 2.05) is 11.7 Å². The van der Waals surface area contributed by atoms with Crippen molar-refractivity contribution >= 4 is 50.6 Å². The molecule has 0 spiro atoms. The second-order valence-corrected chi connectivity index (χ2v) is 21.0. The fraction of sp³-hybridized carbons (Fsp3) is 0.491. The first-order valence-electron chi connectivity index (χ1n) is 25.5. The zero-order chi connectivity index (χ0) is 49.0. The van der Waals surface area contributed by atoms with Gasteiger partial charge in [0.2, 0.25) is 5.91 Å². The molecule has 0 radical (unpaired) electrons. The molecule has 3 unspecified atom stereocenters. The molecule has 14 nitrogen and oxygen atoms in total. The molecular formula is C55H62F2N10O4. The van der Waals surface area contributed by atoms with E-state index in [2.05, 4.69) is 54.4 Å². The maximum atomic E-state index is 17.1. The summed E-state index contributed by atoms with van der Waals surface area (Å²) in [5.74, 6) is 2.07. The Bertz CT molecular complexity index is 3050. The van der Waals surface area contributed by atoms with Gasteiger partial charge in [0.25, 0.3) is 0 Å². The number of terminal acetylenes is 1. The number of piperazine rings is 1. The van der Waals surface area contributed by atoms with E-state index in [9.17, 15) is 14.7 Å². The number of carbonyl (C=O) groups is 2. The van der Waals surface area contributed by atoms with Gasteiger partial charge in [-0.1, -0.05) is 24.1 Å². The van der Waals surface area contributed by atoms with Crippen molar-refractivity contribution in [3.05, 3.63) is 77.1 Å². The predicted octanol–water partition coefficient (Wildman–Crippen LogP) is 7.20. The first-order chi connectivity index (χ1) is 34.5. The summed E-state index contributed by atoms with van der Waals surface area (Å²) in [5.41, 5.74) is 3.13. The fourth-order valence-corrected chi connectivity index (χ4v) is 12.2. The third kappa shape index (κ3) is 9.28. The number of aromatic hydroxyl groups is 1.